The van der Waals surface area contributed by atoms with Crippen molar-refractivity contribution in [3.8, 4) is 45.6 Å². The Labute approximate surface area is 273 Å². The van der Waals surface area contributed by atoms with Crippen molar-refractivity contribution in [2.45, 2.75) is 108 Å². The molecule has 0 aliphatic carbocycles. The van der Waals surface area contributed by atoms with Crippen LogP contribution < -0.4 is 9.47 Å². The van der Waals surface area contributed by atoms with E-state index < -0.39 is 10.9 Å². The minimum Gasteiger partial charge on any atom is -0.504 e. The Hall–Kier alpha value is -3.10. The molecule has 0 fully saturated rings. The molecule has 2 atom stereocenters. The van der Waals surface area contributed by atoms with Crippen LogP contribution in [-0.4, -0.2) is 29.9 Å². The number of aryl methyl sites for hydroxylation is 2. The van der Waals surface area contributed by atoms with Gasteiger partial charge in [-0.3, -0.25) is 0 Å². The molecule has 4 bridgehead atoms. The third-order valence-corrected chi connectivity index (χ3v) is 12.2. The Bertz CT molecular complexity index is 1830. The zero-order chi connectivity index (χ0) is 32.7. The molecular formula is C37H42O6S2. The first-order valence-electron chi connectivity index (χ1n) is 15.7. The summed E-state index contributed by atoms with van der Waals surface area (Å²) in [7, 11) is 0. The number of thioether (sulfide) groups is 2. The number of benzene rings is 4. The Kier molecular flexibility index (Phi) is 6.59. The summed E-state index contributed by atoms with van der Waals surface area (Å²) in [5, 5.41) is 49.4. The number of ether oxygens (including phenoxy) is 2. The molecule has 7 rings (SSSR count). The summed E-state index contributed by atoms with van der Waals surface area (Å²) in [6, 6.07) is 4.21. The predicted molar refractivity (Wildman–Crippen MR) is 186 cm³/mol. The number of phenolic OH excluding ortho intramolecular Hbond substituents is 4. The molecule has 6 nitrogen and oxygen atoms in total. The standard InChI is InChI=1S/C37H42O6S2/c1-14(2)20-18-11-16(5)22-23-17(6)12-19-21(15(3)4)29(39)31(41)27-25(19)33(23)43-35(27)45-37(9,10)13-36(7,8)44-34-26(30(40)28(20)38)24(18)32(22)42-34/h11-12,14-15,34-35,38-41H,13H2,1-10H3. The lowest BCUT2D eigenvalue weighted by molar-refractivity contribution is 0.303. The molecule has 8 heteroatoms. The lowest BCUT2D eigenvalue weighted by Gasteiger charge is -2.36. The second-order valence-corrected chi connectivity index (χ2v) is 18.4. The van der Waals surface area contributed by atoms with Crippen LogP contribution in [0.2, 0.25) is 0 Å². The van der Waals surface area contributed by atoms with Gasteiger partial charge in [0, 0.05) is 42.5 Å². The molecule has 0 spiro atoms. The number of aromatic hydroxyl groups is 4. The van der Waals surface area contributed by atoms with Crippen molar-refractivity contribution in [3.05, 3.63) is 45.5 Å². The van der Waals surface area contributed by atoms with Gasteiger partial charge in [0.15, 0.2) is 33.9 Å². The highest BCUT2D eigenvalue weighted by molar-refractivity contribution is 8.01. The third kappa shape index (κ3) is 4.23. The molecule has 2 unspecified atom stereocenters. The fourth-order valence-electron chi connectivity index (χ4n) is 8.21. The molecule has 4 aromatic carbocycles. The Balaban J connectivity index is 1.68. The molecule has 0 saturated heterocycles. The van der Waals surface area contributed by atoms with Crippen LogP contribution in [0.4, 0.5) is 0 Å². The van der Waals surface area contributed by atoms with Gasteiger partial charge in [0.1, 0.15) is 11.5 Å². The number of phenols is 4. The van der Waals surface area contributed by atoms with E-state index in [0.29, 0.717) is 33.8 Å². The van der Waals surface area contributed by atoms with Crippen LogP contribution in [0.15, 0.2) is 12.1 Å². The van der Waals surface area contributed by atoms with Crippen molar-refractivity contribution in [2.24, 2.45) is 0 Å². The summed E-state index contributed by atoms with van der Waals surface area (Å²) in [5.74, 6) is 0.891. The second kappa shape index (κ2) is 9.71. The van der Waals surface area contributed by atoms with Crippen LogP contribution in [-0.2, 0) is 0 Å². The largest absolute Gasteiger partial charge is 0.504 e. The minimum absolute atomic E-state index is 0.0357. The van der Waals surface area contributed by atoms with Crippen molar-refractivity contribution in [3.63, 3.8) is 0 Å². The summed E-state index contributed by atoms with van der Waals surface area (Å²) in [4.78, 5) is 0. The van der Waals surface area contributed by atoms with Gasteiger partial charge in [-0.05, 0) is 54.0 Å². The number of fused-ring (bicyclic) bond motifs is 5. The van der Waals surface area contributed by atoms with Crippen LogP contribution in [0.3, 0.4) is 0 Å². The molecule has 0 radical (unpaired) electrons. The van der Waals surface area contributed by atoms with Crippen LogP contribution >= 0.6 is 23.5 Å². The van der Waals surface area contributed by atoms with Gasteiger partial charge in [0.2, 0.25) is 0 Å². The van der Waals surface area contributed by atoms with E-state index >= 15 is 0 Å². The maximum atomic E-state index is 11.6. The van der Waals surface area contributed by atoms with Crippen LogP contribution in [0.1, 0.15) is 118 Å². The maximum absolute atomic E-state index is 11.6. The van der Waals surface area contributed by atoms with Crippen LogP contribution in [0, 0.1) is 13.8 Å². The molecule has 0 amide bonds. The first kappa shape index (κ1) is 30.5. The van der Waals surface area contributed by atoms with Crippen molar-refractivity contribution >= 4 is 45.1 Å². The van der Waals surface area contributed by atoms with Crippen molar-refractivity contribution in [1.82, 2.24) is 0 Å². The SMILES string of the molecule is Cc1cc2c(C(C)C)c(O)c(O)c3c2c2c1-c1c(C)cc4c(C(C)C)c(O)c(O)c5c4c1OC5SC(C)(C)CC(C)(C)SC3O2. The highest BCUT2D eigenvalue weighted by Gasteiger charge is 2.45. The molecular weight excluding hydrogens is 605 g/mol. The average molecular weight is 647 g/mol. The van der Waals surface area contributed by atoms with Gasteiger partial charge in [-0.25, -0.2) is 0 Å². The normalized spacial score (nSPS) is 21.0. The van der Waals surface area contributed by atoms with Crippen molar-refractivity contribution in [1.29, 1.82) is 0 Å². The highest BCUT2D eigenvalue weighted by atomic mass is 32.2. The van der Waals surface area contributed by atoms with E-state index in [-0.39, 0.29) is 44.3 Å². The fraction of sp³-hybridized carbons (Fsp3) is 0.459. The summed E-state index contributed by atoms with van der Waals surface area (Å²) < 4.78 is 13.3. The van der Waals surface area contributed by atoms with E-state index in [9.17, 15) is 20.4 Å². The molecule has 0 aromatic heterocycles. The Morgan fingerprint density at radius 1 is 0.644 bits per heavy atom. The lowest BCUT2D eigenvalue weighted by Crippen LogP contribution is -2.30. The van der Waals surface area contributed by atoms with Gasteiger partial charge in [0.25, 0.3) is 0 Å². The molecule has 45 heavy (non-hydrogen) atoms. The fourth-order valence-corrected chi connectivity index (χ4v) is 11.3. The Morgan fingerprint density at radius 3 is 1.33 bits per heavy atom. The molecule has 238 valence electrons. The van der Waals surface area contributed by atoms with E-state index in [2.05, 4.69) is 53.7 Å². The smallest absolute Gasteiger partial charge is 0.174 e. The summed E-state index contributed by atoms with van der Waals surface area (Å²) in [6.45, 7) is 20.9. The average Bonchev–Trinajstić information content (AvgIpc) is 3.44. The summed E-state index contributed by atoms with van der Waals surface area (Å²) in [6.07, 6.45) is 0.749. The molecule has 4 aromatic rings. The Morgan fingerprint density at radius 2 is 1.00 bits per heavy atom. The quantitative estimate of drug-likeness (QED) is 0.160. The lowest BCUT2D eigenvalue weighted by atomic mass is 9.84. The minimum atomic E-state index is -0.528. The van der Waals surface area contributed by atoms with Gasteiger partial charge in [-0.15, -0.1) is 23.5 Å². The molecule has 4 N–H and O–H groups in total. The van der Waals surface area contributed by atoms with E-state index in [1.807, 2.05) is 27.7 Å². The monoisotopic (exact) mass is 646 g/mol. The predicted octanol–water partition coefficient (Wildman–Crippen LogP) is 10.6. The second-order valence-electron chi connectivity index (χ2n) is 14.8. The molecule has 0 saturated carbocycles. The van der Waals surface area contributed by atoms with Crippen LogP contribution in [0.5, 0.6) is 34.5 Å². The van der Waals surface area contributed by atoms with E-state index in [1.165, 1.54) is 0 Å². The van der Waals surface area contributed by atoms with Gasteiger partial charge in [-0.2, -0.15) is 0 Å². The summed E-state index contributed by atoms with van der Waals surface area (Å²) >= 11 is 3.29. The molecule has 3 aliphatic rings. The van der Waals surface area contributed by atoms with E-state index in [0.717, 1.165) is 50.2 Å². The van der Waals surface area contributed by atoms with E-state index in [4.69, 9.17) is 9.47 Å². The van der Waals surface area contributed by atoms with Gasteiger partial charge in [0.05, 0.1) is 11.1 Å². The van der Waals surface area contributed by atoms with Gasteiger partial charge in [-0.1, -0.05) is 67.5 Å². The first-order chi connectivity index (χ1) is 20.9. The topological polar surface area (TPSA) is 99.4 Å². The highest BCUT2D eigenvalue weighted by Crippen LogP contribution is 2.66. The number of rotatable bonds is 2. The van der Waals surface area contributed by atoms with Crippen molar-refractivity contribution < 1.29 is 29.9 Å². The van der Waals surface area contributed by atoms with E-state index in [1.54, 1.807) is 23.5 Å². The number of hydrogen-bond acceptors (Lipinski definition) is 8. The zero-order valence-corrected chi connectivity index (χ0v) is 29.2. The molecule has 3 aliphatic heterocycles. The maximum Gasteiger partial charge on any atom is 0.174 e. The molecule has 3 heterocycles. The van der Waals surface area contributed by atoms with Gasteiger partial charge >= 0.3 is 0 Å². The summed E-state index contributed by atoms with van der Waals surface area (Å²) in [5.41, 5.74) is 5.26. The number of hydrogen-bond donors (Lipinski definition) is 4. The third-order valence-electron chi connectivity index (χ3n) is 9.57. The zero-order valence-electron chi connectivity index (χ0n) is 27.6. The first-order valence-corrected chi connectivity index (χ1v) is 17.5. The van der Waals surface area contributed by atoms with Crippen LogP contribution in [0.25, 0.3) is 32.7 Å². The van der Waals surface area contributed by atoms with Gasteiger partial charge < -0.3 is 29.9 Å². The van der Waals surface area contributed by atoms with Crippen molar-refractivity contribution in [2.75, 3.05) is 0 Å².